The lowest BCUT2D eigenvalue weighted by atomic mass is 9.83. The lowest BCUT2D eigenvalue weighted by Gasteiger charge is -2.28. The quantitative estimate of drug-likeness (QED) is 0.337. The first-order valence-corrected chi connectivity index (χ1v) is 10.7. The summed E-state index contributed by atoms with van der Waals surface area (Å²) in [7, 11) is 1.46. The van der Waals surface area contributed by atoms with Crippen LogP contribution >= 0.6 is 24.0 Å². The highest BCUT2D eigenvalue weighted by molar-refractivity contribution is 14.0. The van der Waals surface area contributed by atoms with Crippen LogP contribution in [0.25, 0.3) is 0 Å². The van der Waals surface area contributed by atoms with E-state index >= 15 is 0 Å². The maximum Gasteiger partial charge on any atom is 0.242 e. The number of sulfonamides is 1. The van der Waals surface area contributed by atoms with E-state index in [2.05, 4.69) is 22.5 Å². The lowest BCUT2D eigenvalue weighted by molar-refractivity contribution is 0.283. The molecule has 0 radical (unpaired) electrons. The second-order valence-electron chi connectivity index (χ2n) is 7.27. The molecular weight excluding hydrogens is 475 g/mol. The number of hydrogen-bond donors (Lipinski definition) is 2. The lowest BCUT2D eigenvalue weighted by Crippen LogP contribution is -2.42. The van der Waals surface area contributed by atoms with Crippen molar-refractivity contribution in [3.63, 3.8) is 0 Å². The largest absolute Gasteiger partial charge is 0.356 e. The number of benzene rings is 1. The Morgan fingerprint density at radius 2 is 1.74 bits per heavy atom. The van der Waals surface area contributed by atoms with Crippen molar-refractivity contribution in [2.75, 3.05) is 27.7 Å². The van der Waals surface area contributed by atoms with E-state index in [1.54, 1.807) is 19.2 Å². The van der Waals surface area contributed by atoms with Gasteiger partial charge in [-0.25, -0.2) is 12.7 Å². The summed E-state index contributed by atoms with van der Waals surface area (Å²) in [6.07, 6.45) is 6.41. The molecule has 0 aliphatic heterocycles. The molecule has 0 saturated heterocycles. The van der Waals surface area contributed by atoms with Gasteiger partial charge in [-0.3, -0.25) is 4.99 Å². The smallest absolute Gasteiger partial charge is 0.242 e. The van der Waals surface area contributed by atoms with Crippen LogP contribution < -0.4 is 10.6 Å². The van der Waals surface area contributed by atoms with Crippen molar-refractivity contribution < 1.29 is 8.42 Å². The van der Waals surface area contributed by atoms with Gasteiger partial charge in [0.15, 0.2) is 5.96 Å². The molecule has 1 fully saturated rings. The topological polar surface area (TPSA) is 73.8 Å². The molecule has 0 spiro atoms. The summed E-state index contributed by atoms with van der Waals surface area (Å²) in [4.78, 5) is 4.61. The first-order valence-electron chi connectivity index (χ1n) is 9.29. The van der Waals surface area contributed by atoms with Crippen LogP contribution in [0.5, 0.6) is 0 Å². The molecule has 1 aromatic rings. The fraction of sp³-hybridized carbons (Fsp3) is 0.632. The van der Waals surface area contributed by atoms with Crippen molar-refractivity contribution in [3.05, 3.63) is 29.8 Å². The Hall–Kier alpha value is -0.870. The number of aliphatic imine (C=N–C) groups is 1. The van der Waals surface area contributed by atoms with E-state index < -0.39 is 10.0 Å². The number of hydrogen-bond acceptors (Lipinski definition) is 3. The third kappa shape index (κ3) is 6.32. The van der Waals surface area contributed by atoms with Gasteiger partial charge in [0, 0.05) is 34.2 Å². The van der Waals surface area contributed by atoms with Gasteiger partial charge in [0.1, 0.15) is 0 Å². The Labute approximate surface area is 181 Å². The van der Waals surface area contributed by atoms with Gasteiger partial charge in [-0.1, -0.05) is 31.9 Å². The maximum atomic E-state index is 12.1. The van der Waals surface area contributed by atoms with E-state index in [4.69, 9.17) is 0 Å². The average Bonchev–Trinajstić information content (AvgIpc) is 3.11. The summed E-state index contributed by atoms with van der Waals surface area (Å²) in [5.41, 5.74) is 1.41. The molecule has 1 aromatic carbocycles. The summed E-state index contributed by atoms with van der Waals surface area (Å²) < 4.78 is 25.4. The van der Waals surface area contributed by atoms with E-state index in [0.717, 1.165) is 18.1 Å². The van der Waals surface area contributed by atoms with E-state index in [0.29, 0.717) is 16.9 Å². The average molecular weight is 508 g/mol. The number of rotatable bonds is 7. The van der Waals surface area contributed by atoms with Gasteiger partial charge in [0.05, 0.1) is 4.90 Å². The number of nitrogens with one attached hydrogen (secondary N) is 2. The zero-order valence-corrected chi connectivity index (χ0v) is 19.9. The van der Waals surface area contributed by atoms with Gasteiger partial charge in [-0.2, -0.15) is 0 Å². The molecule has 154 valence electrons. The monoisotopic (exact) mass is 508 g/mol. The predicted molar refractivity (Wildman–Crippen MR) is 122 cm³/mol. The Bertz CT molecular complexity index is 712. The Kier molecular flexibility index (Phi) is 9.50. The second-order valence-corrected chi connectivity index (χ2v) is 9.42. The molecule has 0 unspecified atom stereocenters. The predicted octanol–water partition coefficient (Wildman–Crippen LogP) is 3.19. The highest BCUT2D eigenvalue weighted by Crippen LogP contribution is 2.40. The normalized spacial score (nSPS) is 16.9. The van der Waals surface area contributed by atoms with Crippen molar-refractivity contribution in [2.24, 2.45) is 10.4 Å². The molecule has 8 heteroatoms. The maximum absolute atomic E-state index is 12.1. The highest BCUT2D eigenvalue weighted by Gasteiger charge is 2.31. The van der Waals surface area contributed by atoms with Crippen LogP contribution in [0.4, 0.5) is 0 Å². The van der Waals surface area contributed by atoms with E-state index in [-0.39, 0.29) is 24.0 Å². The second kappa shape index (κ2) is 10.6. The standard InChI is InChI=1S/C19H32N4O2S.HI/c1-5-19(12-6-7-13-19)15-22-18(20-2)21-14-16-8-10-17(11-9-16)26(24,25)23(3)4;/h8-11H,5-7,12-15H2,1-4H3,(H2,20,21,22);1H. The van der Waals surface area contributed by atoms with Crippen molar-refractivity contribution in [1.82, 2.24) is 14.9 Å². The summed E-state index contributed by atoms with van der Waals surface area (Å²) in [5, 5.41) is 6.77. The Morgan fingerprint density at radius 3 is 2.22 bits per heavy atom. The molecule has 6 nitrogen and oxygen atoms in total. The van der Waals surface area contributed by atoms with Crippen LogP contribution in [-0.4, -0.2) is 46.4 Å². The molecule has 0 aromatic heterocycles. The summed E-state index contributed by atoms with van der Waals surface area (Å²) in [6.45, 7) is 3.82. The molecule has 0 amide bonds. The van der Waals surface area contributed by atoms with Crippen molar-refractivity contribution in [3.8, 4) is 0 Å². The molecule has 1 aliphatic carbocycles. The zero-order chi connectivity index (χ0) is 19.2. The van der Waals surface area contributed by atoms with Crippen molar-refractivity contribution >= 4 is 40.0 Å². The molecular formula is C19H33IN4O2S. The van der Waals surface area contributed by atoms with Crippen molar-refractivity contribution in [1.29, 1.82) is 0 Å². The van der Waals surface area contributed by atoms with Crippen LogP contribution in [0.1, 0.15) is 44.6 Å². The molecule has 1 aliphatic rings. The number of halogens is 1. The van der Waals surface area contributed by atoms with Gasteiger partial charge in [-0.15, -0.1) is 24.0 Å². The molecule has 1 saturated carbocycles. The van der Waals surface area contributed by atoms with Gasteiger partial charge in [-0.05, 0) is 42.4 Å². The minimum absolute atomic E-state index is 0. The molecule has 0 bridgehead atoms. The Morgan fingerprint density at radius 1 is 1.15 bits per heavy atom. The van der Waals surface area contributed by atoms with Gasteiger partial charge in [0.25, 0.3) is 0 Å². The minimum atomic E-state index is -3.38. The summed E-state index contributed by atoms with van der Waals surface area (Å²) in [5.74, 6) is 0.787. The third-order valence-electron chi connectivity index (χ3n) is 5.43. The SMILES string of the molecule is CCC1(CNC(=NC)NCc2ccc(S(=O)(=O)N(C)C)cc2)CCCC1.I. The van der Waals surface area contributed by atoms with Crippen LogP contribution in [0.15, 0.2) is 34.2 Å². The minimum Gasteiger partial charge on any atom is -0.356 e. The zero-order valence-electron chi connectivity index (χ0n) is 16.8. The van der Waals surface area contributed by atoms with Gasteiger partial charge < -0.3 is 10.6 Å². The Balaban J connectivity index is 0.00000364. The molecule has 27 heavy (non-hydrogen) atoms. The summed E-state index contributed by atoms with van der Waals surface area (Å²) in [6, 6.07) is 6.96. The van der Waals surface area contributed by atoms with E-state index in [1.807, 2.05) is 12.1 Å². The summed E-state index contributed by atoms with van der Waals surface area (Å²) >= 11 is 0. The van der Waals surface area contributed by atoms with Gasteiger partial charge in [0.2, 0.25) is 10.0 Å². The van der Waals surface area contributed by atoms with E-state index in [9.17, 15) is 8.42 Å². The van der Waals surface area contributed by atoms with Crippen LogP contribution in [0, 0.1) is 5.41 Å². The number of nitrogens with zero attached hydrogens (tertiary/aromatic N) is 2. The van der Waals surface area contributed by atoms with Crippen molar-refractivity contribution in [2.45, 2.75) is 50.5 Å². The first-order chi connectivity index (χ1) is 12.3. The van der Waals surface area contributed by atoms with Crippen LogP contribution in [-0.2, 0) is 16.6 Å². The third-order valence-corrected chi connectivity index (χ3v) is 7.26. The first kappa shape index (κ1) is 24.2. The van der Waals surface area contributed by atoms with Gasteiger partial charge >= 0.3 is 0 Å². The van der Waals surface area contributed by atoms with Crippen LogP contribution in [0.3, 0.4) is 0 Å². The van der Waals surface area contributed by atoms with E-state index in [1.165, 1.54) is 50.5 Å². The van der Waals surface area contributed by atoms with Crippen LogP contribution in [0.2, 0.25) is 0 Å². The molecule has 2 rings (SSSR count). The molecule has 0 heterocycles. The molecule has 0 atom stereocenters. The fourth-order valence-corrected chi connectivity index (χ4v) is 4.35. The number of guanidine groups is 1. The fourth-order valence-electron chi connectivity index (χ4n) is 3.45. The molecule has 2 N–H and O–H groups in total. The highest BCUT2D eigenvalue weighted by atomic mass is 127.